The van der Waals surface area contributed by atoms with E-state index in [1.807, 2.05) is 62.7 Å². The molecule has 2 aromatic heterocycles. The third kappa shape index (κ3) is 9.70. The summed E-state index contributed by atoms with van der Waals surface area (Å²) in [5, 5.41) is 11.2. The van der Waals surface area contributed by atoms with Crippen molar-refractivity contribution < 1.29 is 48.0 Å². The number of ketones is 2. The van der Waals surface area contributed by atoms with Crippen LogP contribution in [0.4, 0.5) is 4.79 Å². The topological polar surface area (TPSA) is 172 Å². The Morgan fingerprint density at radius 1 is 1.05 bits per heavy atom. The van der Waals surface area contributed by atoms with E-state index in [9.17, 15) is 24.3 Å². The molecule has 3 aliphatic heterocycles. The van der Waals surface area contributed by atoms with E-state index < -0.39 is 83.4 Å². The molecule has 3 fully saturated rings. The van der Waals surface area contributed by atoms with Gasteiger partial charge in [0, 0.05) is 68.1 Å². The zero-order chi connectivity index (χ0) is 44.1. The van der Waals surface area contributed by atoms with Gasteiger partial charge in [-0.3, -0.25) is 24.3 Å². The smallest absolute Gasteiger partial charge is 0.411 e. The summed E-state index contributed by atoms with van der Waals surface area (Å²) in [4.78, 5) is 69.9. The molecular weight excluding hydrogens is 771 g/mol. The molecule has 0 saturated carbocycles. The van der Waals surface area contributed by atoms with Crippen LogP contribution in [0.15, 0.2) is 49.2 Å². The minimum atomic E-state index is -1.53. The molecule has 0 aliphatic carbocycles. The number of amides is 1. The van der Waals surface area contributed by atoms with Gasteiger partial charge in [0.25, 0.3) is 0 Å². The number of aliphatic hydroxyl groups is 1. The van der Waals surface area contributed by atoms with Gasteiger partial charge in [0.05, 0.1) is 35.9 Å². The number of aliphatic hydroxyl groups excluding tert-OH is 1. The predicted octanol–water partition coefficient (Wildman–Crippen LogP) is 5.49. The first-order valence-electron chi connectivity index (χ1n) is 21.5. The van der Waals surface area contributed by atoms with Crippen LogP contribution < -0.4 is 0 Å². The molecule has 3 saturated heterocycles. The van der Waals surface area contributed by atoms with Gasteiger partial charge in [0.15, 0.2) is 17.7 Å². The predicted molar refractivity (Wildman–Crippen MR) is 223 cm³/mol. The number of esters is 1. The van der Waals surface area contributed by atoms with E-state index in [2.05, 4.69) is 9.97 Å². The van der Waals surface area contributed by atoms with Crippen molar-refractivity contribution in [3.8, 4) is 11.3 Å². The van der Waals surface area contributed by atoms with Crippen molar-refractivity contribution in [1.82, 2.24) is 24.3 Å². The van der Waals surface area contributed by atoms with Crippen LogP contribution in [0.1, 0.15) is 87.5 Å². The van der Waals surface area contributed by atoms with Gasteiger partial charge in [-0.15, -0.1) is 0 Å². The molecule has 5 rings (SSSR count). The molecule has 0 radical (unpaired) electrons. The van der Waals surface area contributed by atoms with Crippen molar-refractivity contribution >= 4 is 23.6 Å². The SMILES string of the molecule is C/C=C/C12OC(=O)N(CCCCn3cnc(-c4cccnc4)c3)C1C(C)C(=O)C(C)CC(C)(OC)C(O[C@H]1C(O)O[C@H](C)C[C@@H]1N(C)C)C(C)C(=O)C(C)C(=O)OC2CC. The second kappa shape index (κ2) is 19.8. The van der Waals surface area contributed by atoms with Crippen LogP contribution in [0.2, 0.25) is 0 Å². The highest BCUT2D eigenvalue weighted by atomic mass is 16.6. The second-order valence-electron chi connectivity index (χ2n) is 17.5. The summed E-state index contributed by atoms with van der Waals surface area (Å²) in [5.41, 5.74) is -1.07. The lowest BCUT2D eigenvalue weighted by atomic mass is 9.72. The molecule has 3 aliphatic rings. The second-order valence-corrected chi connectivity index (χ2v) is 17.5. The van der Waals surface area contributed by atoms with Crippen LogP contribution in [-0.4, -0.2) is 135 Å². The van der Waals surface area contributed by atoms with Crippen molar-refractivity contribution in [2.45, 2.75) is 148 Å². The highest BCUT2D eigenvalue weighted by molar-refractivity contribution is 6.00. The molecule has 13 atom stereocenters. The van der Waals surface area contributed by atoms with Gasteiger partial charge >= 0.3 is 12.1 Å². The number of nitrogens with zero attached hydrogens (tertiary/aromatic N) is 5. The Labute approximate surface area is 355 Å². The Hall–Kier alpha value is -4.02. The number of cyclic esters (lactones) is 1. The third-order valence-corrected chi connectivity index (χ3v) is 13.0. The number of hydrogen-bond acceptors (Lipinski definition) is 13. The summed E-state index contributed by atoms with van der Waals surface area (Å²) in [7, 11) is 5.29. The maximum absolute atomic E-state index is 14.9. The van der Waals surface area contributed by atoms with Gasteiger partial charge in [-0.05, 0) is 92.1 Å². The Balaban J connectivity index is 1.49. The summed E-state index contributed by atoms with van der Waals surface area (Å²) in [6.45, 7) is 15.0. The van der Waals surface area contributed by atoms with E-state index in [4.69, 9.17) is 23.7 Å². The lowest BCUT2D eigenvalue weighted by Gasteiger charge is -2.48. The number of likely N-dealkylation sites (N-methyl/N-ethyl adjacent to an activating group) is 1. The highest BCUT2D eigenvalue weighted by Gasteiger charge is 2.61. The minimum Gasteiger partial charge on any atom is -0.457 e. The molecule has 5 heterocycles. The third-order valence-electron chi connectivity index (χ3n) is 13.0. The molecule has 0 bridgehead atoms. The van der Waals surface area contributed by atoms with Gasteiger partial charge < -0.3 is 38.3 Å². The molecule has 10 unspecified atom stereocenters. The van der Waals surface area contributed by atoms with Crippen molar-refractivity contribution in [2.24, 2.45) is 23.7 Å². The number of allylic oxidation sites excluding steroid dienone is 1. The number of methoxy groups -OCH3 is 1. The number of hydrogen-bond donors (Lipinski definition) is 1. The molecule has 15 heteroatoms. The van der Waals surface area contributed by atoms with Crippen LogP contribution in [0, 0.1) is 23.7 Å². The summed E-state index contributed by atoms with van der Waals surface area (Å²) < 4.78 is 33.4. The van der Waals surface area contributed by atoms with Crippen molar-refractivity contribution in [2.75, 3.05) is 27.7 Å². The maximum atomic E-state index is 14.9. The number of fused-ring (bicyclic) bond motifs is 1. The standard InChI is InChI=1S/C45H67N5O10/c1-12-18-45-35(13-2)58-41(53)31(7)37(52)30(6)40(59-38-34(48(9)10)22-28(4)57-42(38)54)44(8,56-11)23-27(3)36(51)29(5)39(45)50(43(55)60-45)21-15-14-20-49-25-33(47-26-49)32-17-16-19-46-24-32/h12,16-19,24-31,34-35,38-40,42,54H,13-15,20-23H2,1-11H3/b18-12+/t27?,28-,29?,30?,31?,34+,35?,38-,39?,40?,42?,44?,45?/m1/s1. The number of aryl methyl sites for hydroxylation is 1. The van der Waals surface area contributed by atoms with E-state index >= 15 is 0 Å². The Morgan fingerprint density at radius 3 is 2.40 bits per heavy atom. The summed E-state index contributed by atoms with van der Waals surface area (Å²) in [5.74, 6) is -5.04. The van der Waals surface area contributed by atoms with E-state index in [-0.39, 0.29) is 37.3 Å². The highest BCUT2D eigenvalue weighted by Crippen LogP contribution is 2.44. The number of rotatable bonds is 12. The van der Waals surface area contributed by atoms with Crippen LogP contribution in [-0.2, 0) is 44.6 Å². The molecule has 15 nitrogen and oxygen atoms in total. The maximum Gasteiger partial charge on any atom is 0.411 e. The summed E-state index contributed by atoms with van der Waals surface area (Å²) in [6.07, 6.45) is 7.78. The first kappa shape index (κ1) is 47.0. The zero-order valence-corrected chi connectivity index (χ0v) is 37.3. The molecule has 60 heavy (non-hydrogen) atoms. The van der Waals surface area contributed by atoms with Gasteiger partial charge in [-0.25, -0.2) is 9.78 Å². The fourth-order valence-electron chi connectivity index (χ4n) is 9.68. The minimum absolute atomic E-state index is 0.127. The first-order chi connectivity index (χ1) is 28.4. The van der Waals surface area contributed by atoms with Crippen LogP contribution in [0.5, 0.6) is 0 Å². The fraction of sp³-hybridized carbons (Fsp3) is 0.689. The fourth-order valence-corrected chi connectivity index (χ4v) is 9.68. The van der Waals surface area contributed by atoms with Gasteiger partial charge in [-0.2, -0.15) is 0 Å². The average molecular weight is 838 g/mol. The number of carbonyl (C=O) groups is 4. The number of aromatic nitrogens is 3. The lowest BCUT2D eigenvalue weighted by molar-refractivity contribution is -0.276. The van der Waals surface area contributed by atoms with Gasteiger partial charge in [-0.1, -0.05) is 33.8 Å². The Morgan fingerprint density at radius 2 is 1.77 bits per heavy atom. The lowest BCUT2D eigenvalue weighted by Crippen LogP contribution is -2.61. The number of Topliss-reactive ketones (excluding diaryl/α,β-unsaturated/α-hetero) is 2. The summed E-state index contributed by atoms with van der Waals surface area (Å²) in [6, 6.07) is 2.68. The quantitative estimate of drug-likeness (QED) is 0.123. The summed E-state index contributed by atoms with van der Waals surface area (Å²) >= 11 is 0. The monoisotopic (exact) mass is 837 g/mol. The normalized spacial score (nSPS) is 36.0. The van der Waals surface area contributed by atoms with Crippen molar-refractivity contribution in [3.05, 3.63) is 49.2 Å². The largest absolute Gasteiger partial charge is 0.457 e. The van der Waals surface area contributed by atoms with Crippen molar-refractivity contribution in [1.29, 1.82) is 0 Å². The molecule has 1 N–H and O–H groups in total. The number of carbonyl (C=O) groups excluding carboxylic acids is 4. The van der Waals surface area contributed by atoms with Crippen LogP contribution in [0.25, 0.3) is 11.3 Å². The molecule has 0 spiro atoms. The van der Waals surface area contributed by atoms with E-state index in [1.165, 1.54) is 14.0 Å². The first-order valence-corrected chi connectivity index (χ1v) is 21.5. The average Bonchev–Trinajstić information content (AvgIpc) is 3.81. The Bertz CT molecular complexity index is 1820. The molecule has 1 amide bonds. The number of imidazole rings is 1. The molecule has 332 valence electrons. The van der Waals surface area contributed by atoms with Gasteiger partial charge in [0.2, 0.25) is 0 Å². The number of pyridine rings is 1. The van der Waals surface area contributed by atoms with E-state index in [1.54, 1.807) is 63.5 Å². The zero-order valence-electron chi connectivity index (χ0n) is 37.3. The molecule has 2 aromatic rings. The van der Waals surface area contributed by atoms with Crippen LogP contribution >= 0.6 is 0 Å². The van der Waals surface area contributed by atoms with Crippen LogP contribution in [0.3, 0.4) is 0 Å². The van der Waals surface area contributed by atoms with E-state index in [0.717, 1.165) is 11.3 Å². The molecular formula is C45H67N5O10. The van der Waals surface area contributed by atoms with Gasteiger partial charge in [0.1, 0.15) is 23.9 Å². The molecule has 0 aromatic carbocycles. The number of unbranched alkanes of at least 4 members (excludes halogenated alkanes) is 1. The number of ether oxygens (including phenoxy) is 5. The Kier molecular flexibility index (Phi) is 15.5. The van der Waals surface area contributed by atoms with E-state index in [0.29, 0.717) is 25.8 Å². The van der Waals surface area contributed by atoms with Crippen molar-refractivity contribution in [3.63, 3.8) is 0 Å².